The first-order chi connectivity index (χ1) is 11.1. The molecule has 0 amide bonds. The summed E-state index contributed by atoms with van der Waals surface area (Å²) in [6, 6.07) is 0. The molecule has 10 heteroatoms. The van der Waals surface area contributed by atoms with E-state index in [1.165, 1.54) is 0 Å². The standard InChI is InChI=1S/C14H20O10/c1-6(15)20-5-10-11(21-7(2)16)12(22-8(3)17)13(14(19)24-10)23-9(4)18/h10-14,19H,5H2,1-4H3/t10-,11?,12-,13+,14+/m0/s1. The van der Waals surface area contributed by atoms with Crippen molar-refractivity contribution in [3.8, 4) is 0 Å². The lowest BCUT2D eigenvalue weighted by Gasteiger charge is -2.42. The average Bonchev–Trinajstić information content (AvgIpc) is 2.42. The molecule has 0 radical (unpaired) electrons. The Kier molecular flexibility index (Phi) is 7.11. The highest BCUT2D eigenvalue weighted by Crippen LogP contribution is 2.28. The van der Waals surface area contributed by atoms with Crippen LogP contribution >= 0.6 is 0 Å². The molecular weight excluding hydrogens is 328 g/mol. The largest absolute Gasteiger partial charge is 0.463 e. The number of aliphatic hydroxyl groups is 1. The van der Waals surface area contributed by atoms with Crippen molar-refractivity contribution in [1.82, 2.24) is 0 Å². The molecule has 1 heterocycles. The number of hydrogen-bond donors (Lipinski definition) is 1. The summed E-state index contributed by atoms with van der Waals surface area (Å²) in [5, 5.41) is 10.0. The quantitative estimate of drug-likeness (QED) is 0.490. The van der Waals surface area contributed by atoms with Crippen molar-refractivity contribution < 1.29 is 48.0 Å². The van der Waals surface area contributed by atoms with Gasteiger partial charge in [-0.25, -0.2) is 0 Å². The van der Waals surface area contributed by atoms with Crippen LogP contribution in [-0.2, 0) is 42.9 Å². The predicted octanol–water partition coefficient (Wildman–Crippen LogP) is -0.938. The average molecular weight is 348 g/mol. The van der Waals surface area contributed by atoms with E-state index < -0.39 is 54.6 Å². The summed E-state index contributed by atoms with van der Waals surface area (Å²) in [6.07, 6.45) is -6.79. The summed E-state index contributed by atoms with van der Waals surface area (Å²) in [7, 11) is 0. The minimum absolute atomic E-state index is 0.366. The molecule has 1 aliphatic heterocycles. The van der Waals surface area contributed by atoms with Gasteiger partial charge in [-0.15, -0.1) is 0 Å². The molecule has 0 spiro atoms. The normalized spacial score (nSPS) is 29.3. The first-order valence-corrected chi connectivity index (χ1v) is 7.10. The van der Waals surface area contributed by atoms with Gasteiger partial charge in [0.2, 0.25) is 0 Å². The van der Waals surface area contributed by atoms with Crippen molar-refractivity contribution in [2.24, 2.45) is 0 Å². The highest BCUT2D eigenvalue weighted by atomic mass is 16.7. The summed E-state index contributed by atoms with van der Waals surface area (Å²) >= 11 is 0. The van der Waals surface area contributed by atoms with Gasteiger partial charge in [0.05, 0.1) is 0 Å². The number of hydrogen-bond acceptors (Lipinski definition) is 10. The van der Waals surface area contributed by atoms with Crippen LogP contribution in [0.5, 0.6) is 0 Å². The van der Waals surface area contributed by atoms with E-state index in [1.807, 2.05) is 0 Å². The maximum atomic E-state index is 11.3. The van der Waals surface area contributed by atoms with E-state index >= 15 is 0 Å². The molecule has 0 aliphatic carbocycles. The molecule has 1 fully saturated rings. The second-order valence-corrected chi connectivity index (χ2v) is 5.09. The number of carbonyl (C=O) groups is 4. The van der Waals surface area contributed by atoms with Crippen molar-refractivity contribution in [2.75, 3.05) is 6.61 Å². The zero-order chi connectivity index (χ0) is 18.4. The Bertz CT molecular complexity index is 502. The van der Waals surface area contributed by atoms with Gasteiger partial charge in [-0.2, -0.15) is 0 Å². The van der Waals surface area contributed by atoms with Crippen LogP contribution in [0, 0.1) is 0 Å². The second-order valence-electron chi connectivity index (χ2n) is 5.09. The number of carbonyl (C=O) groups excluding carboxylic acids is 4. The maximum Gasteiger partial charge on any atom is 0.303 e. The third-order valence-corrected chi connectivity index (χ3v) is 2.97. The summed E-state index contributed by atoms with van der Waals surface area (Å²) in [4.78, 5) is 44.9. The SMILES string of the molecule is CC(=O)OC[C@@H]1O[C@@H](O)[C@H](OC(C)=O)[C@@H](OC(C)=O)C1OC(C)=O. The fourth-order valence-corrected chi connectivity index (χ4v) is 2.21. The molecule has 0 aromatic heterocycles. The first kappa shape index (κ1) is 19.8. The number of aliphatic hydroxyl groups excluding tert-OH is 1. The van der Waals surface area contributed by atoms with Gasteiger partial charge >= 0.3 is 23.9 Å². The topological polar surface area (TPSA) is 135 Å². The van der Waals surface area contributed by atoms with Crippen LogP contribution in [0.3, 0.4) is 0 Å². The van der Waals surface area contributed by atoms with Crippen LogP contribution < -0.4 is 0 Å². The van der Waals surface area contributed by atoms with Crippen LogP contribution in [0.2, 0.25) is 0 Å². The molecular formula is C14H20O10. The highest BCUT2D eigenvalue weighted by Gasteiger charge is 2.51. The van der Waals surface area contributed by atoms with Crippen LogP contribution in [0.4, 0.5) is 0 Å². The van der Waals surface area contributed by atoms with Gasteiger partial charge in [0.15, 0.2) is 24.6 Å². The van der Waals surface area contributed by atoms with Gasteiger partial charge in [0.1, 0.15) is 12.7 Å². The summed E-state index contributed by atoms with van der Waals surface area (Å²) < 4.78 is 25.0. The maximum absolute atomic E-state index is 11.3. The Morgan fingerprint density at radius 2 is 1.25 bits per heavy atom. The van der Waals surface area contributed by atoms with Crippen molar-refractivity contribution in [3.63, 3.8) is 0 Å². The van der Waals surface area contributed by atoms with Crippen LogP contribution in [0.25, 0.3) is 0 Å². The smallest absolute Gasteiger partial charge is 0.303 e. The molecule has 0 bridgehead atoms. The molecule has 1 aliphatic rings. The van der Waals surface area contributed by atoms with Crippen molar-refractivity contribution in [1.29, 1.82) is 0 Å². The fraction of sp³-hybridized carbons (Fsp3) is 0.714. The van der Waals surface area contributed by atoms with Gasteiger partial charge in [-0.3, -0.25) is 19.2 Å². The van der Waals surface area contributed by atoms with Gasteiger partial charge in [-0.05, 0) is 0 Å². The molecule has 10 nitrogen and oxygen atoms in total. The monoisotopic (exact) mass is 348 g/mol. The number of rotatable bonds is 5. The third-order valence-electron chi connectivity index (χ3n) is 2.97. The summed E-state index contributed by atoms with van der Waals surface area (Å²) in [5.41, 5.74) is 0. The van der Waals surface area contributed by atoms with Crippen molar-refractivity contribution in [3.05, 3.63) is 0 Å². The highest BCUT2D eigenvalue weighted by molar-refractivity contribution is 5.68. The lowest BCUT2D eigenvalue weighted by molar-refractivity contribution is -0.296. The fourth-order valence-electron chi connectivity index (χ4n) is 2.21. The molecule has 0 aromatic rings. The molecule has 136 valence electrons. The Morgan fingerprint density at radius 3 is 1.71 bits per heavy atom. The zero-order valence-corrected chi connectivity index (χ0v) is 13.7. The van der Waals surface area contributed by atoms with E-state index in [9.17, 15) is 24.3 Å². The van der Waals surface area contributed by atoms with Gasteiger partial charge in [-0.1, -0.05) is 0 Å². The third kappa shape index (κ3) is 5.78. The van der Waals surface area contributed by atoms with E-state index in [0.29, 0.717) is 0 Å². The molecule has 1 unspecified atom stereocenters. The first-order valence-electron chi connectivity index (χ1n) is 7.10. The van der Waals surface area contributed by atoms with E-state index in [-0.39, 0.29) is 6.61 Å². The summed E-state index contributed by atoms with van der Waals surface area (Å²) in [6.45, 7) is 4.09. The van der Waals surface area contributed by atoms with Crippen molar-refractivity contribution >= 4 is 23.9 Å². The van der Waals surface area contributed by atoms with Crippen LogP contribution in [0.15, 0.2) is 0 Å². The number of ether oxygens (including phenoxy) is 5. The molecule has 1 saturated heterocycles. The lowest BCUT2D eigenvalue weighted by Crippen LogP contribution is -2.62. The Balaban J connectivity index is 3.11. The van der Waals surface area contributed by atoms with E-state index in [2.05, 4.69) is 0 Å². The second kappa shape index (κ2) is 8.60. The lowest BCUT2D eigenvalue weighted by atomic mass is 9.98. The molecule has 0 saturated carbocycles. The van der Waals surface area contributed by atoms with Gasteiger partial charge in [0, 0.05) is 27.7 Å². The predicted molar refractivity (Wildman–Crippen MR) is 74.2 cm³/mol. The molecule has 0 aromatic carbocycles. The minimum Gasteiger partial charge on any atom is -0.463 e. The molecule has 5 atom stereocenters. The minimum atomic E-state index is -1.68. The van der Waals surface area contributed by atoms with E-state index in [4.69, 9.17) is 23.7 Å². The van der Waals surface area contributed by atoms with E-state index in [0.717, 1.165) is 27.7 Å². The Morgan fingerprint density at radius 1 is 0.792 bits per heavy atom. The molecule has 1 rings (SSSR count). The Hall–Kier alpha value is -2.20. The number of esters is 4. The molecule has 24 heavy (non-hydrogen) atoms. The van der Waals surface area contributed by atoms with Crippen molar-refractivity contribution in [2.45, 2.75) is 58.4 Å². The van der Waals surface area contributed by atoms with E-state index in [1.54, 1.807) is 0 Å². The molecule has 1 N–H and O–H groups in total. The van der Waals surface area contributed by atoms with Crippen LogP contribution in [-0.4, -0.2) is 66.3 Å². The van der Waals surface area contributed by atoms with Crippen LogP contribution in [0.1, 0.15) is 27.7 Å². The zero-order valence-electron chi connectivity index (χ0n) is 13.7. The van der Waals surface area contributed by atoms with Gasteiger partial charge in [0.25, 0.3) is 0 Å². The summed E-state index contributed by atoms with van der Waals surface area (Å²) in [5.74, 6) is -2.87. The Labute approximate surface area is 137 Å². The van der Waals surface area contributed by atoms with Gasteiger partial charge < -0.3 is 28.8 Å².